The van der Waals surface area contributed by atoms with Crippen molar-refractivity contribution in [3.05, 3.63) is 59.2 Å². The largest absolute Gasteiger partial charge is 0.497 e. The van der Waals surface area contributed by atoms with Gasteiger partial charge in [0.25, 0.3) is 5.91 Å². The van der Waals surface area contributed by atoms with Gasteiger partial charge >= 0.3 is 0 Å². The van der Waals surface area contributed by atoms with E-state index in [1.54, 1.807) is 24.3 Å². The first kappa shape index (κ1) is 14.5. The van der Waals surface area contributed by atoms with Gasteiger partial charge in [-0.15, -0.1) is 0 Å². The lowest BCUT2D eigenvalue weighted by atomic mass is 10.00. The summed E-state index contributed by atoms with van der Waals surface area (Å²) < 4.78 is 32.0. The van der Waals surface area contributed by atoms with E-state index < -0.39 is 11.6 Å². The lowest BCUT2D eigenvalue weighted by Crippen LogP contribution is -2.35. The molecule has 5 heteroatoms. The van der Waals surface area contributed by atoms with Gasteiger partial charge in [-0.1, -0.05) is 6.07 Å². The van der Waals surface area contributed by atoms with Crippen LogP contribution in [0, 0.1) is 11.6 Å². The first-order valence-corrected chi connectivity index (χ1v) is 7.04. The minimum absolute atomic E-state index is 0.245. The van der Waals surface area contributed by atoms with E-state index in [4.69, 9.17) is 4.74 Å². The summed E-state index contributed by atoms with van der Waals surface area (Å²) in [5.41, 5.74) is 1.55. The van der Waals surface area contributed by atoms with Crippen molar-refractivity contribution in [2.24, 2.45) is 0 Å². The number of carbonyl (C=O) groups excluding carboxylic acids is 1. The van der Waals surface area contributed by atoms with Crippen LogP contribution in [0.2, 0.25) is 0 Å². The van der Waals surface area contributed by atoms with Crippen LogP contribution in [0.5, 0.6) is 5.75 Å². The molecule has 1 aliphatic rings. The highest BCUT2D eigenvalue weighted by Gasteiger charge is 2.25. The third kappa shape index (κ3) is 2.54. The Morgan fingerprint density at radius 1 is 1.18 bits per heavy atom. The molecule has 0 spiro atoms. The molecule has 2 aromatic carbocycles. The highest BCUT2D eigenvalue weighted by molar-refractivity contribution is 6.07. The van der Waals surface area contributed by atoms with Crippen molar-refractivity contribution >= 4 is 11.6 Å². The van der Waals surface area contributed by atoms with Crippen molar-refractivity contribution in [3.8, 4) is 5.75 Å². The molecule has 0 N–H and O–H groups in total. The number of anilines is 1. The molecule has 1 aliphatic heterocycles. The molecule has 0 bridgehead atoms. The van der Waals surface area contributed by atoms with Gasteiger partial charge in [0.1, 0.15) is 5.75 Å². The molecule has 2 aromatic rings. The van der Waals surface area contributed by atoms with Gasteiger partial charge < -0.3 is 9.64 Å². The molecule has 3 nitrogen and oxygen atoms in total. The Morgan fingerprint density at radius 2 is 1.95 bits per heavy atom. The second-order valence-electron chi connectivity index (χ2n) is 5.19. The molecule has 0 aliphatic carbocycles. The second-order valence-corrected chi connectivity index (χ2v) is 5.19. The summed E-state index contributed by atoms with van der Waals surface area (Å²) in [6, 6.07) is 9.06. The maximum Gasteiger partial charge on any atom is 0.258 e. The van der Waals surface area contributed by atoms with E-state index in [0.29, 0.717) is 42.0 Å². The number of benzene rings is 2. The number of ether oxygens (including phenoxy) is 1. The number of hydrogen-bond acceptors (Lipinski definition) is 2. The summed E-state index contributed by atoms with van der Waals surface area (Å²) in [6.45, 7) is 0.480. The molecule has 114 valence electrons. The van der Waals surface area contributed by atoms with E-state index >= 15 is 0 Å². The number of carbonyl (C=O) groups is 1. The van der Waals surface area contributed by atoms with Crippen LogP contribution in [0.1, 0.15) is 22.3 Å². The minimum Gasteiger partial charge on any atom is -0.497 e. The second kappa shape index (κ2) is 5.75. The first-order chi connectivity index (χ1) is 10.6. The summed E-state index contributed by atoms with van der Waals surface area (Å²) >= 11 is 0. The van der Waals surface area contributed by atoms with Gasteiger partial charge in [0.15, 0.2) is 11.6 Å². The van der Waals surface area contributed by atoms with Crippen molar-refractivity contribution in [2.45, 2.75) is 12.8 Å². The maximum absolute atomic E-state index is 13.5. The summed E-state index contributed by atoms with van der Waals surface area (Å²) in [5.74, 6) is -1.49. The lowest BCUT2D eigenvalue weighted by Gasteiger charge is -2.29. The summed E-state index contributed by atoms with van der Waals surface area (Å²) in [6.07, 6.45) is 1.35. The van der Waals surface area contributed by atoms with Crippen LogP contribution >= 0.6 is 0 Å². The third-order valence-electron chi connectivity index (χ3n) is 3.80. The van der Waals surface area contributed by atoms with Crippen LogP contribution in [0.3, 0.4) is 0 Å². The SMILES string of the molecule is COc1cccc(C(=O)N2CCCc3cc(F)c(F)cc32)c1. The molecule has 1 heterocycles. The Balaban J connectivity index is 1.99. The number of fused-ring (bicyclic) bond motifs is 1. The van der Waals surface area contributed by atoms with Crippen molar-refractivity contribution in [1.29, 1.82) is 0 Å². The fourth-order valence-corrected chi connectivity index (χ4v) is 2.70. The molecule has 0 saturated carbocycles. The van der Waals surface area contributed by atoms with Gasteiger partial charge in [0, 0.05) is 18.2 Å². The predicted molar refractivity (Wildman–Crippen MR) is 79.3 cm³/mol. The first-order valence-electron chi connectivity index (χ1n) is 7.04. The fourth-order valence-electron chi connectivity index (χ4n) is 2.70. The Bertz CT molecular complexity index is 731. The highest BCUT2D eigenvalue weighted by atomic mass is 19.2. The standard InChI is InChI=1S/C17H15F2NO2/c1-22-13-6-2-4-12(8-13)17(21)20-7-3-5-11-9-14(18)15(19)10-16(11)20/h2,4,6,8-10H,3,5,7H2,1H3. The van der Waals surface area contributed by atoms with E-state index in [1.165, 1.54) is 18.1 Å². The molecule has 0 fully saturated rings. The summed E-state index contributed by atoms with van der Waals surface area (Å²) in [5, 5.41) is 0. The average Bonchev–Trinajstić information content (AvgIpc) is 2.55. The van der Waals surface area contributed by atoms with E-state index in [0.717, 1.165) is 6.07 Å². The van der Waals surface area contributed by atoms with E-state index in [-0.39, 0.29) is 5.91 Å². The van der Waals surface area contributed by atoms with Crippen LogP contribution in [0.4, 0.5) is 14.5 Å². The Kier molecular flexibility index (Phi) is 3.79. The van der Waals surface area contributed by atoms with Crippen LogP contribution in [-0.4, -0.2) is 19.6 Å². The molecule has 3 rings (SSSR count). The van der Waals surface area contributed by atoms with Crippen molar-refractivity contribution in [1.82, 2.24) is 0 Å². The molecular weight excluding hydrogens is 288 g/mol. The lowest BCUT2D eigenvalue weighted by molar-refractivity contribution is 0.0984. The number of nitrogens with zero attached hydrogens (tertiary/aromatic N) is 1. The number of hydrogen-bond donors (Lipinski definition) is 0. The Morgan fingerprint density at radius 3 is 2.73 bits per heavy atom. The summed E-state index contributed by atoms with van der Waals surface area (Å²) in [4.78, 5) is 14.2. The van der Waals surface area contributed by atoms with Gasteiger partial charge in [0.05, 0.1) is 12.8 Å². The molecule has 22 heavy (non-hydrogen) atoms. The van der Waals surface area contributed by atoms with Crippen molar-refractivity contribution in [2.75, 3.05) is 18.6 Å². The fraction of sp³-hybridized carbons (Fsp3) is 0.235. The highest BCUT2D eigenvalue weighted by Crippen LogP contribution is 2.30. The molecule has 0 unspecified atom stereocenters. The van der Waals surface area contributed by atoms with Crippen LogP contribution in [0.15, 0.2) is 36.4 Å². The Hall–Kier alpha value is -2.43. The zero-order valence-corrected chi connectivity index (χ0v) is 12.1. The molecule has 1 amide bonds. The third-order valence-corrected chi connectivity index (χ3v) is 3.80. The van der Waals surface area contributed by atoms with Crippen molar-refractivity contribution in [3.63, 3.8) is 0 Å². The minimum atomic E-state index is -0.941. The number of rotatable bonds is 2. The van der Waals surface area contributed by atoms with E-state index in [1.807, 2.05) is 0 Å². The molecule has 0 atom stereocenters. The monoisotopic (exact) mass is 303 g/mol. The zero-order chi connectivity index (χ0) is 15.7. The number of methoxy groups -OCH3 is 1. The van der Waals surface area contributed by atoms with Gasteiger partial charge in [0.2, 0.25) is 0 Å². The average molecular weight is 303 g/mol. The summed E-state index contributed by atoms with van der Waals surface area (Å²) in [7, 11) is 1.53. The number of halogens is 2. The maximum atomic E-state index is 13.5. The van der Waals surface area contributed by atoms with Crippen LogP contribution < -0.4 is 9.64 Å². The van der Waals surface area contributed by atoms with Gasteiger partial charge in [-0.3, -0.25) is 4.79 Å². The quantitative estimate of drug-likeness (QED) is 0.849. The van der Waals surface area contributed by atoms with E-state index in [2.05, 4.69) is 0 Å². The molecule has 0 saturated heterocycles. The molecular formula is C17H15F2NO2. The van der Waals surface area contributed by atoms with Crippen LogP contribution in [-0.2, 0) is 6.42 Å². The van der Waals surface area contributed by atoms with E-state index in [9.17, 15) is 13.6 Å². The topological polar surface area (TPSA) is 29.5 Å². The van der Waals surface area contributed by atoms with Crippen molar-refractivity contribution < 1.29 is 18.3 Å². The van der Waals surface area contributed by atoms with Gasteiger partial charge in [-0.2, -0.15) is 0 Å². The van der Waals surface area contributed by atoms with Gasteiger partial charge in [-0.25, -0.2) is 8.78 Å². The molecule has 0 aromatic heterocycles. The normalized spacial score (nSPS) is 13.7. The smallest absolute Gasteiger partial charge is 0.258 e. The number of aryl methyl sites for hydroxylation is 1. The predicted octanol–water partition coefficient (Wildman–Crippen LogP) is 3.57. The number of amides is 1. The Labute approximate surface area is 127 Å². The zero-order valence-electron chi connectivity index (χ0n) is 12.1. The van der Waals surface area contributed by atoms with Crippen LogP contribution in [0.25, 0.3) is 0 Å². The molecule has 0 radical (unpaired) electrons. The van der Waals surface area contributed by atoms with Gasteiger partial charge in [-0.05, 0) is 42.7 Å².